The Bertz CT molecular complexity index is 617. The third-order valence-corrected chi connectivity index (χ3v) is 3.42. The van der Waals surface area contributed by atoms with E-state index in [1.165, 1.54) is 6.39 Å². The maximum atomic E-state index is 12.0. The van der Waals surface area contributed by atoms with Gasteiger partial charge < -0.3 is 9.73 Å². The molecule has 1 aromatic carbocycles. The quantitative estimate of drug-likeness (QED) is 0.861. The Morgan fingerprint density at radius 1 is 1.45 bits per heavy atom. The van der Waals surface area contributed by atoms with Crippen molar-refractivity contribution in [1.82, 2.24) is 4.98 Å². The van der Waals surface area contributed by atoms with Crippen molar-refractivity contribution in [3.05, 3.63) is 49.0 Å². The van der Waals surface area contributed by atoms with Crippen LogP contribution in [0.2, 0.25) is 0 Å². The molecule has 1 heterocycles. The molecule has 0 saturated carbocycles. The Hall–Kier alpha value is -2.36. The fraction of sp³-hybridized carbons (Fsp3) is 0.250. The van der Waals surface area contributed by atoms with Crippen molar-refractivity contribution in [2.24, 2.45) is 5.92 Å². The molecule has 0 aliphatic heterocycles. The van der Waals surface area contributed by atoms with E-state index in [9.17, 15) is 4.79 Å². The van der Waals surface area contributed by atoms with Gasteiger partial charge in [-0.1, -0.05) is 24.3 Å². The van der Waals surface area contributed by atoms with Gasteiger partial charge in [0.05, 0.1) is 6.20 Å². The van der Waals surface area contributed by atoms with E-state index in [0.29, 0.717) is 18.1 Å². The first-order valence-electron chi connectivity index (χ1n) is 6.77. The summed E-state index contributed by atoms with van der Waals surface area (Å²) in [5.41, 5.74) is 1.69. The zero-order valence-corrected chi connectivity index (χ0v) is 11.1. The number of nitrogens with zero attached hydrogens (tertiary/aromatic N) is 1. The van der Waals surface area contributed by atoms with Crippen LogP contribution in [0.5, 0.6) is 0 Å². The number of anilines is 1. The molecule has 3 rings (SSSR count). The molecule has 2 aromatic rings. The number of allylic oxidation sites excluding steroid dienone is 2. The number of benzene rings is 1. The second-order valence-corrected chi connectivity index (χ2v) is 4.96. The molecule has 102 valence electrons. The Kier molecular flexibility index (Phi) is 3.63. The largest absolute Gasteiger partial charge is 0.444 e. The van der Waals surface area contributed by atoms with E-state index in [1.54, 1.807) is 6.20 Å². The van der Waals surface area contributed by atoms with Crippen LogP contribution in [0.1, 0.15) is 19.3 Å². The molecule has 1 N–H and O–H groups in total. The molecule has 1 aliphatic carbocycles. The van der Waals surface area contributed by atoms with Crippen LogP contribution in [0, 0.1) is 5.92 Å². The van der Waals surface area contributed by atoms with Gasteiger partial charge in [-0.25, -0.2) is 4.98 Å². The first-order chi connectivity index (χ1) is 9.81. The summed E-state index contributed by atoms with van der Waals surface area (Å²) in [6.07, 6.45) is 10.0. The number of hydrogen-bond acceptors (Lipinski definition) is 3. The molecular weight excluding hydrogens is 252 g/mol. The Morgan fingerprint density at radius 2 is 2.40 bits per heavy atom. The second-order valence-electron chi connectivity index (χ2n) is 4.96. The minimum Gasteiger partial charge on any atom is -0.444 e. The molecule has 0 bridgehead atoms. The lowest BCUT2D eigenvalue weighted by Crippen LogP contribution is -2.14. The molecule has 1 aromatic heterocycles. The summed E-state index contributed by atoms with van der Waals surface area (Å²) in [7, 11) is 0. The lowest BCUT2D eigenvalue weighted by Gasteiger charge is -2.09. The predicted molar refractivity (Wildman–Crippen MR) is 77.0 cm³/mol. The normalized spacial score (nSPS) is 17.3. The highest BCUT2D eigenvalue weighted by atomic mass is 16.3. The van der Waals surface area contributed by atoms with Crippen molar-refractivity contribution in [1.29, 1.82) is 0 Å². The summed E-state index contributed by atoms with van der Waals surface area (Å²) in [5, 5.41) is 2.94. The first-order valence-corrected chi connectivity index (χ1v) is 6.77. The lowest BCUT2D eigenvalue weighted by atomic mass is 10.0. The average Bonchev–Trinajstić information content (AvgIpc) is 3.11. The van der Waals surface area contributed by atoms with Gasteiger partial charge in [0.15, 0.2) is 12.2 Å². The molecule has 1 amide bonds. The number of aromatic nitrogens is 1. The van der Waals surface area contributed by atoms with Gasteiger partial charge in [-0.3, -0.25) is 4.79 Å². The molecule has 0 unspecified atom stereocenters. The SMILES string of the molecule is O=C(C[C@H]1C=CCC1)Nc1cccc(-c2cnco2)c1. The summed E-state index contributed by atoms with van der Waals surface area (Å²) in [6.45, 7) is 0. The van der Waals surface area contributed by atoms with Gasteiger partial charge >= 0.3 is 0 Å². The zero-order valence-electron chi connectivity index (χ0n) is 11.1. The van der Waals surface area contributed by atoms with Crippen molar-refractivity contribution in [3.8, 4) is 11.3 Å². The average molecular weight is 268 g/mol. The van der Waals surface area contributed by atoms with Crippen LogP contribution in [0.15, 0.2) is 53.4 Å². The van der Waals surface area contributed by atoms with Crippen LogP contribution in [0.3, 0.4) is 0 Å². The lowest BCUT2D eigenvalue weighted by molar-refractivity contribution is -0.116. The van der Waals surface area contributed by atoms with E-state index in [0.717, 1.165) is 24.1 Å². The number of carbonyl (C=O) groups excluding carboxylic acids is 1. The Labute approximate surface area is 117 Å². The third-order valence-electron chi connectivity index (χ3n) is 3.42. The van der Waals surface area contributed by atoms with Gasteiger partial charge in [0.1, 0.15) is 0 Å². The van der Waals surface area contributed by atoms with Crippen LogP contribution in [0.4, 0.5) is 5.69 Å². The first kappa shape index (κ1) is 12.7. The van der Waals surface area contributed by atoms with Crippen LogP contribution in [-0.4, -0.2) is 10.9 Å². The van der Waals surface area contributed by atoms with E-state index >= 15 is 0 Å². The molecule has 0 fully saturated rings. The molecular formula is C16H16N2O2. The summed E-state index contributed by atoms with van der Waals surface area (Å²) in [6, 6.07) is 7.59. The van der Waals surface area contributed by atoms with Crippen molar-refractivity contribution in [2.75, 3.05) is 5.32 Å². The minimum atomic E-state index is 0.0521. The van der Waals surface area contributed by atoms with Gasteiger partial charge in [0.2, 0.25) is 5.91 Å². The molecule has 0 spiro atoms. The molecule has 4 heteroatoms. The van der Waals surface area contributed by atoms with Crippen LogP contribution in [-0.2, 0) is 4.79 Å². The van der Waals surface area contributed by atoms with Gasteiger partial charge in [-0.2, -0.15) is 0 Å². The predicted octanol–water partition coefficient (Wildman–Crippen LogP) is 3.64. The number of carbonyl (C=O) groups is 1. The fourth-order valence-corrected chi connectivity index (χ4v) is 2.42. The van der Waals surface area contributed by atoms with E-state index < -0.39 is 0 Å². The van der Waals surface area contributed by atoms with Gasteiger partial charge in [0.25, 0.3) is 0 Å². The highest BCUT2D eigenvalue weighted by Gasteiger charge is 2.14. The second kappa shape index (κ2) is 5.74. The third kappa shape index (κ3) is 2.96. The fourth-order valence-electron chi connectivity index (χ4n) is 2.42. The maximum absolute atomic E-state index is 12.0. The highest BCUT2D eigenvalue weighted by Crippen LogP contribution is 2.24. The van der Waals surface area contributed by atoms with Gasteiger partial charge in [-0.05, 0) is 30.9 Å². The minimum absolute atomic E-state index is 0.0521. The van der Waals surface area contributed by atoms with Crippen molar-refractivity contribution in [3.63, 3.8) is 0 Å². The Morgan fingerprint density at radius 3 is 3.15 bits per heavy atom. The molecule has 0 radical (unpaired) electrons. The van der Waals surface area contributed by atoms with E-state index in [1.807, 2.05) is 24.3 Å². The summed E-state index contributed by atoms with van der Waals surface area (Å²) < 4.78 is 5.25. The van der Waals surface area contributed by atoms with Crippen LogP contribution >= 0.6 is 0 Å². The van der Waals surface area contributed by atoms with E-state index in [-0.39, 0.29) is 5.91 Å². The van der Waals surface area contributed by atoms with Gasteiger partial charge in [0, 0.05) is 17.7 Å². The summed E-state index contributed by atoms with van der Waals surface area (Å²) in [5.74, 6) is 1.13. The van der Waals surface area contributed by atoms with E-state index in [4.69, 9.17) is 4.42 Å². The molecule has 1 atom stereocenters. The number of nitrogens with one attached hydrogen (secondary N) is 1. The molecule has 0 saturated heterocycles. The number of amides is 1. The zero-order chi connectivity index (χ0) is 13.8. The Balaban J connectivity index is 1.66. The maximum Gasteiger partial charge on any atom is 0.224 e. The highest BCUT2D eigenvalue weighted by molar-refractivity contribution is 5.91. The molecule has 4 nitrogen and oxygen atoms in total. The molecule has 20 heavy (non-hydrogen) atoms. The number of hydrogen-bond donors (Lipinski definition) is 1. The van der Waals surface area contributed by atoms with Crippen molar-refractivity contribution in [2.45, 2.75) is 19.3 Å². The van der Waals surface area contributed by atoms with Gasteiger partial charge in [-0.15, -0.1) is 0 Å². The topological polar surface area (TPSA) is 55.1 Å². The standard InChI is InChI=1S/C16H16N2O2/c19-16(8-12-4-1-2-5-12)18-14-7-3-6-13(9-14)15-10-17-11-20-15/h1,3-4,6-7,9-12H,2,5,8H2,(H,18,19)/t12-/m0/s1. The summed E-state index contributed by atoms with van der Waals surface area (Å²) in [4.78, 5) is 15.9. The van der Waals surface area contributed by atoms with Crippen molar-refractivity contribution < 1.29 is 9.21 Å². The van der Waals surface area contributed by atoms with Crippen LogP contribution in [0.25, 0.3) is 11.3 Å². The number of oxazole rings is 1. The van der Waals surface area contributed by atoms with E-state index in [2.05, 4.69) is 22.5 Å². The smallest absolute Gasteiger partial charge is 0.224 e. The monoisotopic (exact) mass is 268 g/mol. The van der Waals surface area contributed by atoms with Crippen LogP contribution < -0.4 is 5.32 Å². The number of rotatable bonds is 4. The molecule has 1 aliphatic rings. The van der Waals surface area contributed by atoms with Crippen molar-refractivity contribution >= 4 is 11.6 Å². The summed E-state index contributed by atoms with van der Waals surface area (Å²) >= 11 is 0.